The molecule has 0 spiro atoms. The largest absolute Gasteiger partial charge is 0.429 e. The Bertz CT molecular complexity index is 962. The van der Waals surface area contributed by atoms with E-state index in [4.69, 9.17) is 4.74 Å². The van der Waals surface area contributed by atoms with Crippen LogP contribution < -0.4 is 4.74 Å². The van der Waals surface area contributed by atoms with Crippen LogP contribution in [0.3, 0.4) is 0 Å². The molecular weight excluding hydrogens is 382 g/mol. The van der Waals surface area contributed by atoms with Gasteiger partial charge in [0.2, 0.25) is 0 Å². The van der Waals surface area contributed by atoms with Gasteiger partial charge in [0.25, 0.3) is 0 Å². The first-order valence-corrected chi connectivity index (χ1v) is 10.5. The van der Waals surface area contributed by atoms with E-state index in [9.17, 15) is 8.78 Å². The van der Waals surface area contributed by atoms with Crippen LogP contribution >= 0.6 is 0 Å². The molecule has 0 bridgehead atoms. The van der Waals surface area contributed by atoms with Crippen LogP contribution in [0.2, 0.25) is 0 Å². The third-order valence-corrected chi connectivity index (χ3v) is 5.87. The first-order valence-electron chi connectivity index (χ1n) is 10.5. The van der Waals surface area contributed by atoms with Crippen molar-refractivity contribution in [1.82, 2.24) is 9.97 Å². The number of hydrogen-bond donors (Lipinski definition) is 0. The van der Waals surface area contributed by atoms with Crippen LogP contribution in [0.4, 0.5) is 8.78 Å². The van der Waals surface area contributed by atoms with Crippen LogP contribution in [0.25, 0.3) is 11.4 Å². The minimum atomic E-state index is -3.40. The molecule has 0 radical (unpaired) electrons. The highest BCUT2D eigenvalue weighted by atomic mass is 19.3. The third kappa shape index (κ3) is 4.66. The second-order valence-electron chi connectivity index (χ2n) is 8.31. The van der Waals surface area contributed by atoms with Gasteiger partial charge in [0.05, 0.1) is 5.56 Å². The van der Waals surface area contributed by atoms with E-state index in [1.54, 1.807) is 24.5 Å². The lowest BCUT2D eigenvalue weighted by atomic mass is 9.79. The SMILES string of the molecule is Cc1cnc(-c2ccc(OC(F)(F)c3ccc(C4CCC(C)CC4)cc3)cc2)nc1. The Balaban J connectivity index is 1.44. The monoisotopic (exact) mass is 408 g/mol. The van der Waals surface area contributed by atoms with E-state index < -0.39 is 6.11 Å². The van der Waals surface area contributed by atoms with Gasteiger partial charge in [-0.3, -0.25) is 0 Å². The number of nitrogens with zero attached hydrogens (tertiary/aromatic N) is 2. The molecule has 2 aromatic carbocycles. The number of aromatic nitrogens is 2. The zero-order chi connectivity index (χ0) is 21.1. The molecule has 0 N–H and O–H groups in total. The Morgan fingerprint density at radius 2 is 1.47 bits per heavy atom. The number of halogens is 2. The molecule has 30 heavy (non-hydrogen) atoms. The van der Waals surface area contributed by atoms with Crippen molar-refractivity contribution >= 4 is 0 Å². The van der Waals surface area contributed by atoms with Gasteiger partial charge >= 0.3 is 6.11 Å². The van der Waals surface area contributed by atoms with Gasteiger partial charge in [-0.25, -0.2) is 9.97 Å². The van der Waals surface area contributed by atoms with Crippen LogP contribution in [-0.4, -0.2) is 9.97 Å². The summed E-state index contributed by atoms with van der Waals surface area (Å²) < 4.78 is 34.4. The van der Waals surface area contributed by atoms with Gasteiger partial charge in [-0.1, -0.05) is 31.9 Å². The summed E-state index contributed by atoms with van der Waals surface area (Å²) in [5.74, 6) is 1.89. The summed E-state index contributed by atoms with van der Waals surface area (Å²) in [7, 11) is 0. The van der Waals surface area contributed by atoms with Crippen molar-refractivity contribution in [3.05, 3.63) is 77.6 Å². The Morgan fingerprint density at radius 3 is 2.07 bits per heavy atom. The van der Waals surface area contributed by atoms with Crippen molar-refractivity contribution < 1.29 is 13.5 Å². The number of aryl methyl sites for hydroxylation is 1. The van der Waals surface area contributed by atoms with Gasteiger partial charge < -0.3 is 4.74 Å². The maximum atomic E-state index is 14.7. The highest BCUT2D eigenvalue weighted by molar-refractivity contribution is 5.56. The van der Waals surface area contributed by atoms with Crippen LogP contribution in [0, 0.1) is 12.8 Å². The third-order valence-electron chi connectivity index (χ3n) is 5.87. The molecule has 156 valence electrons. The van der Waals surface area contributed by atoms with Gasteiger partial charge in [0.1, 0.15) is 5.75 Å². The predicted octanol–water partition coefficient (Wildman–Crippen LogP) is 6.87. The number of ether oxygens (including phenoxy) is 1. The molecule has 4 rings (SSSR count). The van der Waals surface area contributed by atoms with E-state index >= 15 is 0 Å². The average molecular weight is 408 g/mol. The molecular formula is C25H26F2N2O. The number of rotatable bonds is 5. The molecule has 5 heteroatoms. The molecule has 1 saturated carbocycles. The van der Waals surface area contributed by atoms with Crippen LogP contribution in [0.5, 0.6) is 5.75 Å². The molecule has 0 unspecified atom stereocenters. The number of hydrogen-bond acceptors (Lipinski definition) is 3. The van der Waals surface area contributed by atoms with Crippen molar-refractivity contribution in [2.24, 2.45) is 5.92 Å². The van der Waals surface area contributed by atoms with E-state index in [0.717, 1.165) is 35.4 Å². The molecule has 3 nitrogen and oxygen atoms in total. The molecule has 0 saturated heterocycles. The molecule has 1 aliphatic rings. The second kappa shape index (κ2) is 8.50. The molecule has 0 aliphatic heterocycles. The van der Waals surface area contributed by atoms with E-state index in [2.05, 4.69) is 16.9 Å². The van der Waals surface area contributed by atoms with Crippen molar-refractivity contribution in [3.63, 3.8) is 0 Å². The number of benzene rings is 2. The molecule has 1 aromatic heterocycles. The van der Waals surface area contributed by atoms with Crippen molar-refractivity contribution in [1.29, 1.82) is 0 Å². The van der Waals surface area contributed by atoms with Gasteiger partial charge in [-0.15, -0.1) is 0 Å². The fraction of sp³-hybridized carbons (Fsp3) is 0.360. The molecule has 1 aliphatic carbocycles. The highest BCUT2D eigenvalue weighted by Crippen LogP contribution is 2.37. The standard InChI is InChI=1S/C25H26F2N2O/c1-17-3-5-19(6-4-17)20-7-11-22(12-8-20)25(26,27)30-23-13-9-21(10-14-23)24-28-15-18(2)16-29-24/h7-17,19H,3-6H2,1-2H3. The lowest BCUT2D eigenvalue weighted by Gasteiger charge is -2.27. The smallest absolute Gasteiger partial charge is 0.426 e. The van der Waals surface area contributed by atoms with Gasteiger partial charge in [-0.2, -0.15) is 8.78 Å². The fourth-order valence-electron chi connectivity index (χ4n) is 3.96. The van der Waals surface area contributed by atoms with E-state index in [1.165, 1.54) is 37.1 Å². The summed E-state index contributed by atoms with van der Waals surface area (Å²) in [6, 6.07) is 13.0. The summed E-state index contributed by atoms with van der Waals surface area (Å²) >= 11 is 0. The predicted molar refractivity (Wildman–Crippen MR) is 114 cm³/mol. The van der Waals surface area contributed by atoms with Crippen LogP contribution in [0.15, 0.2) is 60.9 Å². The highest BCUT2D eigenvalue weighted by Gasteiger charge is 2.34. The summed E-state index contributed by atoms with van der Waals surface area (Å²) in [6.07, 6.45) is 4.71. The van der Waals surface area contributed by atoms with Gasteiger partial charge in [0, 0.05) is 18.0 Å². The Labute approximate surface area is 176 Å². The first kappa shape index (κ1) is 20.5. The first-order chi connectivity index (χ1) is 14.4. The molecule has 1 fully saturated rings. The Morgan fingerprint density at radius 1 is 0.867 bits per heavy atom. The van der Waals surface area contributed by atoms with Crippen LogP contribution in [0.1, 0.15) is 55.2 Å². The normalized spacial score (nSPS) is 19.5. The Kier molecular flexibility index (Phi) is 5.80. The topological polar surface area (TPSA) is 35.0 Å². The van der Waals surface area contributed by atoms with Crippen molar-refractivity contribution in [2.45, 2.75) is 51.6 Å². The summed E-state index contributed by atoms with van der Waals surface area (Å²) in [5.41, 5.74) is 2.71. The lowest BCUT2D eigenvalue weighted by molar-refractivity contribution is -0.185. The summed E-state index contributed by atoms with van der Waals surface area (Å²) in [6.45, 7) is 4.18. The molecule has 0 atom stereocenters. The second-order valence-corrected chi connectivity index (χ2v) is 8.31. The zero-order valence-corrected chi connectivity index (χ0v) is 17.3. The molecule has 1 heterocycles. The maximum absolute atomic E-state index is 14.7. The van der Waals surface area contributed by atoms with E-state index in [1.807, 2.05) is 19.1 Å². The van der Waals surface area contributed by atoms with Crippen molar-refractivity contribution in [3.8, 4) is 17.1 Å². The zero-order valence-electron chi connectivity index (χ0n) is 17.3. The Hall–Kier alpha value is -2.82. The fourth-order valence-corrected chi connectivity index (χ4v) is 3.96. The minimum absolute atomic E-state index is 0.0983. The molecule has 0 amide bonds. The lowest BCUT2D eigenvalue weighted by Crippen LogP contribution is -2.22. The number of alkyl halides is 2. The summed E-state index contributed by atoms with van der Waals surface area (Å²) in [4.78, 5) is 8.50. The maximum Gasteiger partial charge on any atom is 0.426 e. The molecule has 3 aromatic rings. The van der Waals surface area contributed by atoms with Crippen LogP contribution in [-0.2, 0) is 6.11 Å². The quantitative estimate of drug-likeness (QED) is 0.462. The minimum Gasteiger partial charge on any atom is -0.429 e. The van der Waals surface area contributed by atoms with E-state index in [-0.39, 0.29) is 11.3 Å². The van der Waals surface area contributed by atoms with Gasteiger partial charge in [0.15, 0.2) is 5.82 Å². The van der Waals surface area contributed by atoms with Crippen molar-refractivity contribution in [2.75, 3.05) is 0 Å². The average Bonchev–Trinajstić information content (AvgIpc) is 2.75. The van der Waals surface area contributed by atoms with Gasteiger partial charge in [-0.05, 0) is 79.1 Å². The summed E-state index contributed by atoms with van der Waals surface area (Å²) in [5, 5.41) is 0. The van der Waals surface area contributed by atoms with E-state index in [0.29, 0.717) is 11.7 Å².